The van der Waals surface area contributed by atoms with Crippen molar-refractivity contribution in [1.29, 1.82) is 0 Å². The molecule has 15 rings (SSSR count). The van der Waals surface area contributed by atoms with Gasteiger partial charge >= 0.3 is 37.1 Å². The maximum Gasteiger partial charge on any atom is 0.433 e. The van der Waals surface area contributed by atoms with Crippen molar-refractivity contribution in [2.45, 2.75) is 195 Å². The number of para-hydroxylation sites is 2. The van der Waals surface area contributed by atoms with Crippen LogP contribution < -0.4 is 23.8 Å². The highest BCUT2D eigenvalue weighted by Crippen LogP contribution is 2.49. The molecule has 6 saturated heterocycles. The SMILES string of the molecule is C=CCC1N(C(=O)c2cnccc2C(F)(F)F)CCCC1(Oc1cc(C(F)(F)F)n(C)n1)C(=O)N1CCN(c2ccccc2OCCOC)CC1.CCC[C@H]1N(C(=O)c2cnccc2C(F)(F)F)CCC[C@@]1(Oc1ccc(C(F)(F)F)cc1)C(=O)N1CCC(c2cscc2C)C1.CCC[C@H]1N(C(=O)c2cnccc2C(F)(F)F)CCC[C@@]1(Oc1ccc(C(F)(F)F)cc1)C(=O)N1CCC(c2sccc2C)C1. The van der Waals surface area contributed by atoms with E-state index in [2.05, 4.69) is 32.0 Å². The Kier molecular flexibility index (Phi) is 33.0. The van der Waals surface area contributed by atoms with Gasteiger partial charge in [0.1, 0.15) is 29.5 Å². The quantitative estimate of drug-likeness (QED) is 0.0294. The Labute approximate surface area is 808 Å². The third kappa shape index (κ3) is 23.5. The Morgan fingerprint density at radius 3 is 1.33 bits per heavy atom. The lowest BCUT2D eigenvalue weighted by molar-refractivity contribution is -0.159. The third-order valence-corrected chi connectivity index (χ3v) is 28.4. The number of anilines is 1. The molecule has 6 aliphatic rings. The van der Waals surface area contributed by atoms with Crippen LogP contribution in [0, 0.1) is 13.8 Å². The summed E-state index contributed by atoms with van der Waals surface area (Å²) in [7, 11) is 2.63. The maximum absolute atomic E-state index is 14.8. The van der Waals surface area contributed by atoms with Gasteiger partial charge in [-0.05, 0) is 183 Å². The van der Waals surface area contributed by atoms with E-state index in [-0.39, 0.29) is 114 Å². The molecule has 141 heavy (non-hydrogen) atoms. The van der Waals surface area contributed by atoms with Crippen molar-refractivity contribution in [2.75, 3.05) is 97.2 Å². The second kappa shape index (κ2) is 43.8. The number of benzene rings is 3. The summed E-state index contributed by atoms with van der Waals surface area (Å²) in [6, 6.07) is 16.8. The first-order chi connectivity index (χ1) is 66.7. The maximum atomic E-state index is 14.8. The molecule has 0 spiro atoms. The molecule has 4 unspecified atom stereocenters. The van der Waals surface area contributed by atoms with E-state index in [1.54, 1.807) is 39.6 Å². The number of amides is 6. The van der Waals surface area contributed by atoms with Crippen LogP contribution in [0.2, 0.25) is 0 Å². The predicted octanol–water partition coefficient (Wildman–Crippen LogP) is 20.7. The van der Waals surface area contributed by atoms with Gasteiger partial charge in [-0.1, -0.05) is 44.9 Å². The second-order valence-electron chi connectivity index (χ2n) is 35.3. The number of carbonyl (C=O) groups excluding carboxylic acids is 6. The number of likely N-dealkylation sites (tertiary alicyclic amines) is 5. The minimum atomic E-state index is -4.89. The van der Waals surface area contributed by atoms with E-state index in [4.69, 9.17) is 23.7 Å². The van der Waals surface area contributed by atoms with Gasteiger partial charge in [-0.15, -0.1) is 23.0 Å². The fraction of sp³-hybridized carbons (Fsp3) is 0.469. The van der Waals surface area contributed by atoms with Crippen LogP contribution in [-0.2, 0) is 63.2 Å². The lowest BCUT2D eigenvalue weighted by Crippen LogP contribution is -2.69. The van der Waals surface area contributed by atoms with Gasteiger partial charge in [0.15, 0.2) is 0 Å². The topological polar surface area (TPSA) is 228 Å². The fourth-order valence-electron chi connectivity index (χ4n) is 19.7. The molecule has 0 bridgehead atoms. The molecule has 9 aromatic rings. The minimum absolute atomic E-state index is 0.00559. The van der Waals surface area contributed by atoms with Crippen LogP contribution in [0.1, 0.15) is 195 Å². The number of aromatic nitrogens is 5. The number of pyridine rings is 3. The van der Waals surface area contributed by atoms with E-state index in [1.165, 1.54) is 20.8 Å². The van der Waals surface area contributed by atoms with Gasteiger partial charge in [-0.2, -0.15) is 90.4 Å². The molecule has 0 N–H and O–H groups in total. The number of rotatable bonds is 25. The van der Waals surface area contributed by atoms with Crippen molar-refractivity contribution < 1.29 is 131 Å². The summed E-state index contributed by atoms with van der Waals surface area (Å²) in [6.07, 6.45) is -18.5. The van der Waals surface area contributed by atoms with Crippen molar-refractivity contribution in [3.63, 3.8) is 0 Å². The second-order valence-corrected chi connectivity index (χ2v) is 37.0. The summed E-state index contributed by atoms with van der Waals surface area (Å²) in [5, 5.41) is 9.96. The van der Waals surface area contributed by atoms with Crippen LogP contribution in [-0.4, -0.2) is 217 Å². The van der Waals surface area contributed by atoms with Crippen LogP contribution in [0.5, 0.6) is 23.1 Å². The molecule has 23 nitrogen and oxygen atoms in total. The van der Waals surface area contributed by atoms with Crippen LogP contribution in [0.3, 0.4) is 0 Å². The van der Waals surface area contributed by atoms with Gasteiger partial charge in [-0.25, -0.2) is 0 Å². The molecule has 6 aromatic heterocycles. The van der Waals surface area contributed by atoms with E-state index in [1.807, 2.05) is 73.7 Å². The molecule has 0 aliphatic carbocycles. The molecule has 12 heterocycles. The van der Waals surface area contributed by atoms with E-state index >= 15 is 0 Å². The first-order valence-corrected chi connectivity index (χ1v) is 47.6. The number of hydrogen-bond acceptors (Lipinski definition) is 18. The average molecular weight is 2030 g/mol. The Bertz CT molecular complexity index is 5640. The molecule has 8 atom stereocenters. The predicted molar refractivity (Wildman–Crippen MR) is 484 cm³/mol. The highest BCUT2D eigenvalue weighted by molar-refractivity contribution is 7.10. The fourth-order valence-corrected chi connectivity index (χ4v) is 21.7. The molecule has 0 radical (unpaired) electrons. The number of thiophene rings is 2. The van der Waals surface area contributed by atoms with E-state index in [0.717, 1.165) is 137 Å². The number of methoxy groups -OCH3 is 1. The number of hydrogen-bond donors (Lipinski definition) is 0. The zero-order valence-electron chi connectivity index (χ0n) is 77.5. The first kappa shape index (κ1) is 106. The minimum Gasteiger partial charge on any atom is -0.489 e. The van der Waals surface area contributed by atoms with E-state index < -0.39 is 164 Å². The molecule has 6 amide bonds. The van der Waals surface area contributed by atoms with Crippen LogP contribution in [0.25, 0.3) is 0 Å². The molecule has 6 fully saturated rings. The normalized spacial score (nSPS) is 21.6. The van der Waals surface area contributed by atoms with Crippen LogP contribution in [0.4, 0.5) is 84.7 Å². The zero-order valence-corrected chi connectivity index (χ0v) is 79.2. The van der Waals surface area contributed by atoms with E-state index in [0.29, 0.717) is 101 Å². The Hall–Kier alpha value is -12.0. The summed E-state index contributed by atoms with van der Waals surface area (Å²) in [5.41, 5.74) is -9.83. The summed E-state index contributed by atoms with van der Waals surface area (Å²) in [4.78, 5) is 109. The van der Waals surface area contributed by atoms with Crippen molar-refractivity contribution in [3.8, 4) is 23.1 Å². The van der Waals surface area contributed by atoms with Crippen molar-refractivity contribution in [2.24, 2.45) is 7.05 Å². The molecular weight excluding hydrogens is 1930 g/mol. The lowest BCUT2D eigenvalue weighted by atomic mass is 9.79. The van der Waals surface area contributed by atoms with Gasteiger partial charge in [0, 0.05) is 165 Å². The van der Waals surface area contributed by atoms with Crippen molar-refractivity contribution in [3.05, 3.63) is 241 Å². The standard InChI is InChI=1S/C34H38F6N6O5.2C32H33F6N3O3S/c1-4-8-27-32(51-29-21-28(34(38,39)40)43(2)42-29,12-7-14-46(27)30(47)23-22-41-13-11-24(23)33(35,36)37)31(48)45-17-15-44(16-18-45)25-9-5-6-10-26(25)50-20-19-49-3;1-3-5-26-30(44-23-8-6-22(7-9-23)31(33,34)35,29(43)40-16-11-21(19-40)27-20(2)12-17-45-27)13-4-15-41(26)28(42)24-18-39-14-10-25(24)32(36,37)38;1-3-5-27-30(44-23-8-6-22(7-9-23)31(33,34)35,29(43)40-15-11-21(17-40)25-19-45-18-20(25)2)12-4-14-41(27)28(42)24-16-39-13-10-26(24)32(36,37)38/h4-6,9-11,13,21-22,27H,1,7-8,12,14-20H2,2-3H3;6-10,12,14,17-18,21,26H,3-5,11,13,15-16,19H2,1-2H3;6-10,13,16,18-19,21,27H,3-5,11-12,14-15,17H2,1-2H3/t;21?,26-,30+;21?,27-,30+/m.11/s1. The summed E-state index contributed by atoms with van der Waals surface area (Å²) in [5.74, 6) is -4.22. The number of ether oxygens (including phenoxy) is 5. The number of piperidine rings is 3. The molecule has 43 heteroatoms. The molecule has 6 aliphatic heterocycles. The Balaban J connectivity index is 0.000000178. The van der Waals surface area contributed by atoms with E-state index in [9.17, 15) is 108 Å². The summed E-state index contributed by atoms with van der Waals surface area (Å²) < 4.78 is 277. The summed E-state index contributed by atoms with van der Waals surface area (Å²) >= 11 is 3.17. The molecule has 3 aromatic carbocycles. The monoisotopic (exact) mass is 2030 g/mol. The van der Waals surface area contributed by atoms with Crippen LogP contribution in [0.15, 0.2) is 169 Å². The average Bonchev–Trinajstić information content (AvgIpc) is 1.72. The number of halogens is 18. The first-order valence-electron chi connectivity index (χ1n) is 45.7. The largest absolute Gasteiger partial charge is 0.489 e. The van der Waals surface area contributed by atoms with Gasteiger partial charge in [0.05, 0.1) is 74.9 Å². The molecular formula is C98H104F18N12O11S2. The smallest absolute Gasteiger partial charge is 0.433 e. The Morgan fingerprint density at radius 2 is 0.929 bits per heavy atom. The van der Waals surface area contributed by atoms with Gasteiger partial charge in [0.25, 0.3) is 35.4 Å². The van der Waals surface area contributed by atoms with Gasteiger partial charge < -0.3 is 58.0 Å². The number of aryl methyl sites for hydroxylation is 3. The van der Waals surface area contributed by atoms with Crippen LogP contribution >= 0.6 is 22.7 Å². The van der Waals surface area contributed by atoms with Gasteiger partial charge in [-0.3, -0.25) is 48.4 Å². The number of alkyl halides is 18. The highest BCUT2D eigenvalue weighted by Gasteiger charge is 2.61. The van der Waals surface area contributed by atoms with Crippen molar-refractivity contribution >= 4 is 63.8 Å². The van der Waals surface area contributed by atoms with Gasteiger partial charge in [0.2, 0.25) is 22.7 Å². The zero-order chi connectivity index (χ0) is 102. The third-order valence-electron chi connectivity index (χ3n) is 26.3. The van der Waals surface area contributed by atoms with Crippen molar-refractivity contribution in [1.82, 2.24) is 54.1 Å². The summed E-state index contributed by atoms with van der Waals surface area (Å²) in [6.45, 7) is 14.7. The number of nitrogens with zero attached hydrogens (tertiary/aromatic N) is 12. The number of carbonyl (C=O) groups is 6. The number of piperazine rings is 1. The Morgan fingerprint density at radius 1 is 0.489 bits per heavy atom. The molecule has 0 saturated carbocycles. The highest BCUT2D eigenvalue weighted by atomic mass is 32.1. The molecule has 760 valence electrons. The lowest BCUT2D eigenvalue weighted by Gasteiger charge is -2.50.